The maximum atomic E-state index is 12.4. The number of nitrogens with one attached hydrogen (secondary N) is 1. The summed E-state index contributed by atoms with van der Waals surface area (Å²) in [6.45, 7) is 17.3. The average molecular weight is 416 g/mol. The number of piperidine rings is 1. The molecule has 4 rings (SSSR count). The van der Waals surface area contributed by atoms with E-state index < -0.39 is 0 Å². The van der Waals surface area contributed by atoms with Crippen LogP contribution in [-0.4, -0.2) is 11.9 Å². The fourth-order valence-electron chi connectivity index (χ4n) is 9.41. The first-order chi connectivity index (χ1) is 14.0. The van der Waals surface area contributed by atoms with Crippen molar-refractivity contribution in [3.05, 3.63) is 0 Å². The first-order valence-electron chi connectivity index (χ1n) is 13.3. The molecule has 1 saturated heterocycles. The van der Waals surface area contributed by atoms with Gasteiger partial charge in [0.1, 0.15) is 0 Å². The van der Waals surface area contributed by atoms with Gasteiger partial charge in [0.05, 0.1) is 0 Å². The van der Waals surface area contributed by atoms with Gasteiger partial charge in [-0.1, -0.05) is 67.7 Å². The minimum atomic E-state index is 0.110. The number of hydrogen-bond donors (Lipinski definition) is 1. The molecule has 0 bridgehead atoms. The molecule has 0 aromatic rings. The summed E-state index contributed by atoms with van der Waals surface area (Å²) in [4.78, 5) is 12.4. The quantitative estimate of drug-likeness (QED) is 0.504. The monoisotopic (exact) mass is 415 g/mol. The van der Waals surface area contributed by atoms with Crippen molar-refractivity contribution in [3.63, 3.8) is 0 Å². The van der Waals surface area contributed by atoms with Gasteiger partial charge in [0.2, 0.25) is 5.91 Å². The van der Waals surface area contributed by atoms with E-state index in [-0.39, 0.29) is 16.7 Å². The Morgan fingerprint density at radius 2 is 1.67 bits per heavy atom. The summed E-state index contributed by atoms with van der Waals surface area (Å²) in [6, 6.07) is 0.395. The molecule has 0 unspecified atom stereocenters. The lowest BCUT2D eigenvalue weighted by Crippen LogP contribution is -2.67. The van der Waals surface area contributed by atoms with Gasteiger partial charge in [-0.25, -0.2) is 0 Å². The van der Waals surface area contributed by atoms with E-state index in [1.165, 1.54) is 57.8 Å². The van der Waals surface area contributed by atoms with Crippen LogP contribution in [0, 0.1) is 51.8 Å². The zero-order valence-electron chi connectivity index (χ0n) is 21.0. The third-order valence-electron chi connectivity index (χ3n) is 11.3. The second-order valence-corrected chi connectivity index (χ2v) is 13.4. The van der Waals surface area contributed by atoms with Gasteiger partial charge >= 0.3 is 0 Å². The topological polar surface area (TPSA) is 29.1 Å². The normalized spacial score (nSPS) is 46.0. The van der Waals surface area contributed by atoms with E-state index in [4.69, 9.17) is 0 Å². The highest BCUT2D eigenvalue weighted by atomic mass is 16.1. The number of rotatable bonds is 5. The summed E-state index contributed by atoms with van der Waals surface area (Å²) in [5.74, 6) is 5.53. The fourth-order valence-corrected chi connectivity index (χ4v) is 9.41. The molecule has 2 nitrogen and oxygen atoms in total. The Morgan fingerprint density at radius 3 is 2.37 bits per heavy atom. The fraction of sp³-hybridized carbons (Fsp3) is 0.964. The van der Waals surface area contributed by atoms with Crippen LogP contribution in [0.2, 0.25) is 0 Å². The molecule has 2 heteroatoms. The maximum Gasteiger partial charge on any atom is 0.220 e. The molecule has 1 N–H and O–H groups in total. The van der Waals surface area contributed by atoms with Crippen LogP contribution in [0.25, 0.3) is 0 Å². The minimum Gasteiger partial charge on any atom is -0.353 e. The predicted molar refractivity (Wildman–Crippen MR) is 126 cm³/mol. The predicted octanol–water partition coefficient (Wildman–Crippen LogP) is 7.22. The van der Waals surface area contributed by atoms with Gasteiger partial charge in [0, 0.05) is 12.5 Å². The van der Waals surface area contributed by atoms with Crippen molar-refractivity contribution in [1.82, 2.24) is 5.32 Å². The number of fused-ring (bicyclic) bond motifs is 5. The number of amides is 1. The molecular formula is C28H49NO. The number of carbonyl (C=O) groups is 1. The Kier molecular flexibility index (Phi) is 5.89. The van der Waals surface area contributed by atoms with Crippen molar-refractivity contribution >= 4 is 5.91 Å². The first-order valence-corrected chi connectivity index (χ1v) is 13.3. The van der Waals surface area contributed by atoms with Crippen LogP contribution in [-0.2, 0) is 4.79 Å². The SMILES string of the molecule is CC(C)CCC[C@@H](C)[C@H]1CC[C@H]2[C@@H]3CC[C@H]4NC(=O)CC(C)(C)[C@]4(C)[C@H]3CC[C@]12C. The van der Waals surface area contributed by atoms with Crippen LogP contribution in [0.5, 0.6) is 0 Å². The summed E-state index contributed by atoms with van der Waals surface area (Å²) in [5.41, 5.74) is 0.926. The van der Waals surface area contributed by atoms with Crippen molar-refractivity contribution < 1.29 is 4.79 Å². The van der Waals surface area contributed by atoms with Crippen molar-refractivity contribution in [2.24, 2.45) is 51.8 Å². The molecule has 4 fully saturated rings. The van der Waals surface area contributed by atoms with Gasteiger partial charge < -0.3 is 5.32 Å². The molecule has 1 aliphatic heterocycles. The van der Waals surface area contributed by atoms with E-state index in [0.29, 0.717) is 17.9 Å². The van der Waals surface area contributed by atoms with Gasteiger partial charge in [0.15, 0.2) is 0 Å². The minimum absolute atomic E-state index is 0.110. The largest absolute Gasteiger partial charge is 0.353 e. The van der Waals surface area contributed by atoms with Gasteiger partial charge in [-0.15, -0.1) is 0 Å². The van der Waals surface area contributed by atoms with Gasteiger partial charge in [-0.3, -0.25) is 4.79 Å². The Hall–Kier alpha value is -0.530. The molecule has 1 amide bonds. The zero-order chi connectivity index (χ0) is 21.9. The lowest BCUT2D eigenvalue weighted by molar-refractivity contribution is -0.165. The number of hydrogen-bond acceptors (Lipinski definition) is 1. The average Bonchev–Trinajstić information content (AvgIpc) is 2.99. The summed E-state index contributed by atoms with van der Waals surface area (Å²) in [5, 5.41) is 3.44. The smallest absolute Gasteiger partial charge is 0.220 e. The first kappa shape index (κ1) is 22.7. The summed E-state index contributed by atoms with van der Waals surface area (Å²) in [7, 11) is 0. The van der Waals surface area contributed by atoms with Crippen LogP contribution in [0.3, 0.4) is 0 Å². The molecule has 0 aromatic heterocycles. The van der Waals surface area contributed by atoms with E-state index >= 15 is 0 Å². The van der Waals surface area contributed by atoms with E-state index in [0.717, 1.165) is 35.5 Å². The van der Waals surface area contributed by atoms with E-state index in [9.17, 15) is 4.79 Å². The van der Waals surface area contributed by atoms with Crippen molar-refractivity contribution in [2.75, 3.05) is 0 Å². The highest BCUT2D eigenvalue weighted by Crippen LogP contribution is 2.69. The molecule has 0 radical (unpaired) electrons. The van der Waals surface area contributed by atoms with Gasteiger partial charge in [-0.05, 0) is 90.3 Å². The van der Waals surface area contributed by atoms with E-state index in [1.807, 2.05) is 0 Å². The van der Waals surface area contributed by atoms with Crippen LogP contribution in [0.1, 0.15) is 113 Å². The van der Waals surface area contributed by atoms with Crippen LogP contribution >= 0.6 is 0 Å². The standard InChI is InChI=1S/C28H49NO/c1-18(2)9-8-10-19(3)21-12-13-22-20-11-14-24-28(7,23(20)15-16-27(21,22)6)26(4,5)17-25(30)29-24/h18-24H,8-17H2,1-7H3,(H,29,30)/t19-,20+,21-,22+,23+,24-,27-,28-/m1/s1. The Morgan fingerprint density at radius 1 is 0.933 bits per heavy atom. The van der Waals surface area contributed by atoms with E-state index in [1.54, 1.807) is 0 Å². The second kappa shape index (κ2) is 7.80. The third kappa shape index (κ3) is 3.38. The summed E-state index contributed by atoms with van der Waals surface area (Å²) >= 11 is 0. The highest BCUT2D eigenvalue weighted by Gasteiger charge is 2.64. The zero-order valence-corrected chi connectivity index (χ0v) is 21.0. The summed E-state index contributed by atoms with van der Waals surface area (Å²) in [6.07, 6.45) is 13.2. The van der Waals surface area contributed by atoms with E-state index in [2.05, 4.69) is 53.8 Å². The molecule has 30 heavy (non-hydrogen) atoms. The summed E-state index contributed by atoms with van der Waals surface area (Å²) < 4.78 is 0. The molecule has 3 saturated carbocycles. The lowest BCUT2D eigenvalue weighted by atomic mass is 9.42. The Bertz CT molecular complexity index is 653. The molecule has 8 atom stereocenters. The molecule has 172 valence electrons. The Balaban J connectivity index is 1.53. The molecule has 3 aliphatic carbocycles. The van der Waals surface area contributed by atoms with Gasteiger partial charge in [0.25, 0.3) is 0 Å². The van der Waals surface area contributed by atoms with Crippen molar-refractivity contribution in [2.45, 2.75) is 119 Å². The molecule has 1 heterocycles. The van der Waals surface area contributed by atoms with Crippen LogP contribution < -0.4 is 5.32 Å². The number of carbonyl (C=O) groups excluding carboxylic acids is 1. The second-order valence-electron chi connectivity index (χ2n) is 13.4. The van der Waals surface area contributed by atoms with Crippen molar-refractivity contribution in [3.8, 4) is 0 Å². The molecule has 0 spiro atoms. The lowest BCUT2D eigenvalue weighted by Gasteiger charge is -2.65. The maximum absolute atomic E-state index is 12.4. The molecule has 4 aliphatic rings. The molecule has 0 aromatic carbocycles. The van der Waals surface area contributed by atoms with Crippen LogP contribution in [0.4, 0.5) is 0 Å². The Labute approximate surface area is 186 Å². The third-order valence-corrected chi connectivity index (χ3v) is 11.3. The van der Waals surface area contributed by atoms with Gasteiger partial charge in [-0.2, -0.15) is 0 Å². The van der Waals surface area contributed by atoms with Crippen LogP contribution in [0.15, 0.2) is 0 Å². The highest BCUT2D eigenvalue weighted by molar-refractivity contribution is 5.78. The van der Waals surface area contributed by atoms with Crippen molar-refractivity contribution in [1.29, 1.82) is 0 Å². The molecular weight excluding hydrogens is 366 g/mol.